The van der Waals surface area contributed by atoms with Gasteiger partial charge in [0.2, 0.25) is 0 Å². The van der Waals surface area contributed by atoms with Crippen molar-refractivity contribution in [3.05, 3.63) is 55.4 Å². The summed E-state index contributed by atoms with van der Waals surface area (Å²) in [5.41, 5.74) is 1.80. The largest absolute Gasteiger partial charge is 0.262 e. The van der Waals surface area contributed by atoms with Gasteiger partial charge < -0.3 is 0 Å². The van der Waals surface area contributed by atoms with E-state index in [1.165, 1.54) is 0 Å². The molecule has 0 N–H and O–H groups in total. The van der Waals surface area contributed by atoms with Crippen LogP contribution >= 0.6 is 0 Å². The Labute approximate surface area is 97.8 Å². The molecule has 0 unspecified atom stereocenters. The summed E-state index contributed by atoms with van der Waals surface area (Å²) in [5.74, 6) is 0.669. The lowest BCUT2D eigenvalue weighted by Crippen LogP contribution is -1.93. The predicted molar refractivity (Wildman–Crippen MR) is 62.4 cm³/mol. The Morgan fingerprint density at radius 1 is 0.941 bits per heavy atom. The lowest BCUT2D eigenvalue weighted by molar-refractivity contribution is 0.874. The van der Waals surface area contributed by atoms with Crippen LogP contribution in [-0.4, -0.2) is 24.7 Å². The van der Waals surface area contributed by atoms with Crippen LogP contribution in [0.15, 0.2) is 55.4 Å². The molecule has 0 spiro atoms. The van der Waals surface area contributed by atoms with E-state index in [4.69, 9.17) is 0 Å². The smallest absolute Gasteiger partial charge is 0.162 e. The number of hydrogen-bond acceptors (Lipinski definition) is 4. The zero-order valence-corrected chi connectivity index (χ0v) is 8.93. The molecule has 0 bridgehead atoms. The van der Waals surface area contributed by atoms with Gasteiger partial charge in [0, 0.05) is 24.8 Å². The average molecular weight is 223 g/mol. The van der Waals surface area contributed by atoms with Gasteiger partial charge in [-0.1, -0.05) is 0 Å². The number of nitrogens with zero attached hydrogens (tertiary/aromatic N) is 5. The van der Waals surface area contributed by atoms with Crippen LogP contribution in [0.2, 0.25) is 0 Å². The van der Waals surface area contributed by atoms with Crippen molar-refractivity contribution in [2.45, 2.75) is 0 Å². The van der Waals surface area contributed by atoms with E-state index in [2.05, 4.69) is 20.1 Å². The first kappa shape index (κ1) is 9.65. The van der Waals surface area contributed by atoms with Crippen molar-refractivity contribution in [1.82, 2.24) is 24.7 Å². The molecule has 0 saturated heterocycles. The molecule has 5 nitrogen and oxygen atoms in total. The minimum absolute atomic E-state index is 0.669. The van der Waals surface area contributed by atoms with Crippen LogP contribution in [0.3, 0.4) is 0 Å². The van der Waals surface area contributed by atoms with Crippen LogP contribution in [0.25, 0.3) is 17.1 Å². The Balaban J connectivity index is 1.99. The molecular formula is C12H9N5. The molecule has 3 heterocycles. The van der Waals surface area contributed by atoms with Crippen molar-refractivity contribution in [3.8, 4) is 17.1 Å². The van der Waals surface area contributed by atoms with Gasteiger partial charge in [-0.15, -0.1) is 0 Å². The monoisotopic (exact) mass is 223 g/mol. The first-order valence-corrected chi connectivity index (χ1v) is 5.16. The number of aromatic nitrogens is 5. The van der Waals surface area contributed by atoms with Gasteiger partial charge in [0.05, 0.1) is 23.6 Å². The lowest BCUT2D eigenvalue weighted by atomic mass is 10.3. The summed E-state index contributed by atoms with van der Waals surface area (Å²) in [6.07, 6.45) is 10.5. The second kappa shape index (κ2) is 4.13. The molecule has 0 aliphatic carbocycles. The first-order chi connectivity index (χ1) is 8.43. The molecule has 0 radical (unpaired) electrons. The predicted octanol–water partition coefficient (Wildman–Crippen LogP) is 1.72. The van der Waals surface area contributed by atoms with Crippen molar-refractivity contribution < 1.29 is 0 Å². The minimum atomic E-state index is 0.669. The van der Waals surface area contributed by atoms with Gasteiger partial charge in [0.15, 0.2) is 5.82 Å². The van der Waals surface area contributed by atoms with E-state index < -0.39 is 0 Å². The van der Waals surface area contributed by atoms with Gasteiger partial charge in [-0.3, -0.25) is 4.98 Å². The molecule has 3 aromatic heterocycles. The van der Waals surface area contributed by atoms with E-state index in [-0.39, 0.29) is 0 Å². The van der Waals surface area contributed by atoms with Crippen LogP contribution < -0.4 is 0 Å². The van der Waals surface area contributed by atoms with E-state index in [0.717, 1.165) is 11.3 Å². The van der Waals surface area contributed by atoms with Crippen molar-refractivity contribution >= 4 is 0 Å². The van der Waals surface area contributed by atoms with Gasteiger partial charge >= 0.3 is 0 Å². The standard InChI is InChI=1S/C12H9N5/c1-3-11(8-13-4-1)17-9-10(7-16-17)12-14-5-2-6-15-12/h1-9H. The molecule has 0 aliphatic heterocycles. The summed E-state index contributed by atoms with van der Waals surface area (Å²) in [7, 11) is 0. The van der Waals surface area contributed by atoms with Crippen LogP contribution in [-0.2, 0) is 0 Å². The molecule has 3 aromatic rings. The van der Waals surface area contributed by atoms with E-state index >= 15 is 0 Å². The molecule has 3 rings (SSSR count). The maximum absolute atomic E-state index is 4.26. The Hall–Kier alpha value is -2.56. The zero-order chi connectivity index (χ0) is 11.5. The van der Waals surface area contributed by atoms with Gasteiger partial charge in [0.1, 0.15) is 0 Å². The van der Waals surface area contributed by atoms with E-state index in [0.29, 0.717) is 5.82 Å². The number of hydrogen-bond donors (Lipinski definition) is 0. The van der Waals surface area contributed by atoms with Crippen molar-refractivity contribution in [2.24, 2.45) is 0 Å². The molecule has 17 heavy (non-hydrogen) atoms. The van der Waals surface area contributed by atoms with Crippen molar-refractivity contribution in [1.29, 1.82) is 0 Å². The van der Waals surface area contributed by atoms with E-state index in [9.17, 15) is 0 Å². The minimum Gasteiger partial charge on any atom is -0.262 e. The molecule has 0 aliphatic rings. The SMILES string of the molecule is c1cnc(-c2cnn(-c3cccnc3)c2)nc1. The van der Waals surface area contributed by atoms with Crippen molar-refractivity contribution in [2.75, 3.05) is 0 Å². The third kappa shape index (κ3) is 1.90. The molecule has 0 aromatic carbocycles. The molecule has 0 fully saturated rings. The summed E-state index contributed by atoms with van der Waals surface area (Å²) in [4.78, 5) is 12.4. The molecule has 0 atom stereocenters. The number of rotatable bonds is 2. The van der Waals surface area contributed by atoms with Gasteiger partial charge in [-0.2, -0.15) is 5.10 Å². The van der Waals surface area contributed by atoms with Crippen molar-refractivity contribution in [3.63, 3.8) is 0 Å². The van der Waals surface area contributed by atoms with E-state index in [1.807, 2.05) is 18.3 Å². The highest BCUT2D eigenvalue weighted by Crippen LogP contribution is 2.14. The fourth-order valence-corrected chi connectivity index (χ4v) is 1.52. The highest BCUT2D eigenvalue weighted by atomic mass is 15.3. The van der Waals surface area contributed by atoms with Gasteiger partial charge in [-0.25, -0.2) is 14.6 Å². The lowest BCUT2D eigenvalue weighted by Gasteiger charge is -1.98. The quantitative estimate of drug-likeness (QED) is 0.663. The molecule has 0 saturated carbocycles. The molecule has 82 valence electrons. The van der Waals surface area contributed by atoms with E-state index in [1.54, 1.807) is 41.7 Å². The Morgan fingerprint density at radius 3 is 2.59 bits per heavy atom. The second-order valence-electron chi connectivity index (χ2n) is 3.46. The summed E-state index contributed by atoms with van der Waals surface area (Å²) in [6, 6.07) is 5.60. The third-order valence-corrected chi connectivity index (χ3v) is 2.32. The normalized spacial score (nSPS) is 10.4. The highest BCUT2D eigenvalue weighted by molar-refractivity contribution is 5.52. The maximum Gasteiger partial charge on any atom is 0.162 e. The van der Waals surface area contributed by atoms with Crippen LogP contribution in [0.5, 0.6) is 0 Å². The molecular weight excluding hydrogens is 214 g/mol. The first-order valence-electron chi connectivity index (χ1n) is 5.16. The van der Waals surface area contributed by atoms with Gasteiger partial charge in [0.25, 0.3) is 0 Å². The van der Waals surface area contributed by atoms with Crippen LogP contribution in [0.1, 0.15) is 0 Å². The maximum atomic E-state index is 4.26. The fraction of sp³-hybridized carbons (Fsp3) is 0. The number of pyridine rings is 1. The Kier molecular flexibility index (Phi) is 2.34. The second-order valence-corrected chi connectivity index (χ2v) is 3.46. The van der Waals surface area contributed by atoms with Crippen LogP contribution in [0.4, 0.5) is 0 Å². The fourth-order valence-electron chi connectivity index (χ4n) is 1.52. The Bertz CT molecular complexity index is 549. The Morgan fingerprint density at radius 2 is 1.82 bits per heavy atom. The average Bonchev–Trinajstić information content (AvgIpc) is 2.90. The summed E-state index contributed by atoms with van der Waals surface area (Å²) in [6.45, 7) is 0. The zero-order valence-electron chi connectivity index (χ0n) is 8.93. The topological polar surface area (TPSA) is 56.5 Å². The summed E-state index contributed by atoms with van der Waals surface area (Å²) in [5, 5.41) is 4.26. The van der Waals surface area contributed by atoms with Gasteiger partial charge in [-0.05, 0) is 18.2 Å². The summed E-state index contributed by atoms with van der Waals surface area (Å²) >= 11 is 0. The van der Waals surface area contributed by atoms with Crippen LogP contribution in [0, 0.1) is 0 Å². The molecule has 5 heteroatoms. The third-order valence-electron chi connectivity index (χ3n) is 2.32. The molecule has 0 amide bonds. The highest BCUT2D eigenvalue weighted by Gasteiger charge is 2.04. The summed E-state index contributed by atoms with van der Waals surface area (Å²) < 4.78 is 1.75.